The molecule has 1 saturated heterocycles. The van der Waals surface area contributed by atoms with Gasteiger partial charge in [0.05, 0.1) is 16.3 Å². The minimum absolute atomic E-state index is 0.0918. The first-order chi connectivity index (χ1) is 13.6. The van der Waals surface area contributed by atoms with Crippen LogP contribution in [0.1, 0.15) is 13.3 Å². The van der Waals surface area contributed by atoms with Gasteiger partial charge in [-0.1, -0.05) is 17.4 Å². The molecule has 28 heavy (non-hydrogen) atoms. The molecule has 1 aliphatic heterocycles. The molecular formula is C20H22FN5OS. The second-order valence-corrected chi connectivity index (χ2v) is 7.89. The second kappa shape index (κ2) is 8.20. The Bertz CT molecular complexity index is 964. The first kappa shape index (κ1) is 18.8. The van der Waals surface area contributed by atoms with Crippen molar-refractivity contribution in [3.05, 3.63) is 48.4 Å². The van der Waals surface area contributed by atoms with Crippen LogP contribution in [0, 0.1) is 5.82 Å². The molecule has 2 aromatic heterocycles. The number of pyridine rings is 1. The Hall–Kier alpha value is -2.58. The number of carbonyl (C=O) groups excluding carboxylic acids is 1. The normalized spacial score (nSPS) is 16.7. The van der Waals surface area contributed by atoms with E-state index in [-0.39, 0.29) is 17.8 Å². The van der Waals surface area contributed by atoms with E-state index in [1.54, 1.807) is 12.3 Å². The Balaban J connectivity index is 1.39. The highest BCUT2D eigenvalue weighted by Gasteiger charge is 2.25. The third-order valence-electron chi connectivity index (χ3n) is 5.01. The number of nitrogens with zero attached hydrogens (tertiary/aromatic N) is 4. The lowest BCUT2D eigenvalue weighted by molar-refractivity contribution is -0.120. The van der Waals surface area contributed by atoms with Crippen molar-refractivity contribution < 1.29 is 9.18 Å². The van der Waals surface area contributed by atoms with Crippen LogP contribution in [0.25, 0.3) is 10.2 Å². The number of benzene rings is 1. The van der Waals surface area contributed by atoms with Crippen molar-refractivity contribution in [3.63, 3.8) is 0 Å². The molecular weight excluding hydrogens is 377 g/mol. The van der Waals surface area contributed by atoms with E-state index in [9.17, 15) is 9.18 Å². The minimum atomic E-state index is -0.301. The van der Waals surface area contributed by atoms with Crippen molar-refractivity contribution in [3.8, 4) is 0 Å². The molecule has 0 saturated carbocycles. The highest BCUT2D eigenvalue weighted by Crippen LogP contribution is 2.26. The van der Waals surface area contributed by atoms with Gasteiger partial charge in [-0.15, -0.1) is 0 Å². The third-order valence-corrected chi connectivity index (χ3v) is 5.95. The highest BCUT2D eigenvalue weighted by atomic mass is 32.1. The maximum absolute atomic E-state index is 13.3. The number of hydrogen-bond donors (Lipinski definition) is 1. The van der Waals surface area contributed by atoms with Gasteiger partial charge in [0.1, 0.15) is 11.6 Å². The van der Waals surface area contributed by atoms with Gasteiger partial charge in [0.15, 0.2) is 5.13 Å². The molecule has 146 valence electrons. The molecule has 4 rings (SSSR count). The standard InChI is InChI=1S/C20H22FN5OS/c1-14(19(27)24-20-23-16-7-6-15(21)13-17(16)28-20)25-9-4-10-26(12-11-25)18-5-2-3-8-22-18/h2-3,5-8,13-14H,4,9-12H2,1H3,(H,23,24,27)/t14-/m0/s1. The Morgan fingerprint density at radius 2 is 2.11 bits per heavy atom. The molecule has 1 aromatic carbocycles. The van der Waals surface area contributed by atoms with Crippen molar-refractivity contribution in [2.24, 2.45) is 0 Å². The summed E-state index contributed by atoms with van der Waals surface area (Å²) < 4.78 is 14.1. The number of aromatic nitrogens is 2. The average Bonchev–Trinajstić information content (AvgIpc) is 2.93. The van der Waals surface area contributed by atoms with E-state index in [0.29, 0.717) is 10.6 Å². The number of hydrogen-bond acceptors (Lipinski definition) is 6. The summed E-state index contributed by atoms with van der Waals surface area (Å²) in [7, 11) is 0. The van der Waals surface area contributed by atoms with Crippen molar-refractivity contribution in [2.45, 2.75) is 19.4 Å². The fraction of sp³-hybridized carbons (Fsp3) is 0.350. The molecule has 0 aliphatic carbocycles. The lowest BCUT2D eigenvalue weighted by Gasteiger charge is -2.26. The Labute approximate surface area is 167 Å². The zero-order valence-corrected chi connectivity index (χ0v) is 16.5. The molecule has 0 unspecified atom stereocenters. The SMILES string of the molecule is C[C@@H](C(=O)Nc1nc2ccc(F)cc2s1)N1CCCN(c2ccccn2)CC1. The summed E-state index contributed by atoms with van der Waals surface area (Å²) in [6, 6.07) is 10.1. The zero-order chi connectivity index (χ0) is 19.5. The molecule has 3 aromatic rings. The molecule has 1 amide bonds. The summed E-state index contributed by atoms with van der Waals surface area (Å²) in [4.78, 5) is 26.0. The predicted molar refractivity (Wildman–Crippen MR) is 110 cm³/mol. The lowest BCUT2D eigenvalue weighted by atomic mass is 10.2. The van der Waals surface area contributed by atoms with Crippen molar-refractivity contribution in [2.75, 3.05) is 36.4 Å². The van der Waals surface area contributed by atoms with Gasteiger partial charge in [-0.25, -0.2) is 14.4 Å². The molecule has 8 heteroatoms. The summed E-state index contributed by atoms with van der Waals surface area (Å²) >= 11 is 1.29. The number of amides is 1. The van der Waals surface area contributed by atoms with Gasteiger partial charge in [0.25, 0.3) is 0 Å². The summed E-state index contributed by atoms with van der Waals surface area (Å²) in [5, 5.41) is 3.39. The maximum atomic E-state index is 13.3. The summed E-state index contributed by atoms with van der Waals surface area (Å²) in [6.45, 7) is 5.30. The molecule has 1 aliphatic rings. The quantitative estimate of drug-likeness (QED) is 0.729. The molecule has 0 bridgehead atoms. The highest BCUT2D eigenvalue weighted by molar-refractivity contribution is 7.22. The number of anilines is 2. The first-order valence-corrected chi connectivity index (χ1v) is 10.2. The maximum Gasteiger partial charge on any atom is 0.243 e. The topological polar surface area (TPSA) is 61.4 Å². The van der Waals surface area contributed by atoms with Gasteiger partial charge in [0, 0.05) is 32.4 Å². The van der Waals surface area contributed by atoms with Crippen LogP contribution in [-0.2, 0) is 4.79 Å². The molecule has 1 atom stereocenters. The second-order valence-electron chi connectivity index (χ2n) is 6.86. The predicted octanol–water partition coefficient (Wildman–Crippen LogP) is 3.37. The average molecular weight is 399 g/mol. The van der Waals surface area contributed by atoms with Crippen molar-refractivity contribution in [1.29, 1.82) is 0 Å². The minimum Gasteiger partial charge on any atom is -0.355 e. The van der Waals surface area contributed by atoms with E-state index in [1.807, 2.05) is 25.1 Å². The number of nitrogens with one attached hydrogen (secondary N) is 1. The van der Waals surface area contributed by atoms with Gasteiger partial charge in [-0.3, -0.25) is 9.69 Å². The van der Waals surface area contributed by atoms with Crippen LogP contribution in [0.5, 0.6) is 0 Å². The Morgan fingerprint density at radius 3 is 2.93 bits per heavy atom. The summed E-state index contributed by atoms with van der Waals surface area (Å²) in [6.07, 6.45) is 2.77. The van der Waals surface area contributed by atoms with Crippen molar-refractivity contribution >= 4 is 38.4 Å². The van der Waals surface area contributed by atoms with Crippen LogP contribution in [-0.4, -0.2) is 53.0 Å². The van der Waals surface area contributed by atoms with Crippen LogP contribution < -0.4 is 10.2 Å². The van der Waals surface area contributed by atoms with Gasteiger partial charge in [0.2, 0.25) is 5.91 Å². The van der Waals surface area contributed by atoms with Crippen LogP contribution in [0.15, 0.2) is 42.6 Å². The zero-order valence-electron chi connectivity index (χ0n) is 15.6. The van der Waals surface area contributed by atoms with E-state index >= 15 is 0 Å². The molecule has 0 radical (unpaired) electrons. The van der Waals surface area contributed by atoms with Crippen LogP contribution in [0.3, 0.4) is 0 Å². The molecule has 0 spiro atoms. The monoisotopic (exact) mass is 399 g/mol. The molecule has 6 nitrogen and oxygen atoms in total. The largest absolute Gasteiger partial charge is 0.355 e. The van der Waals surface area contributed by atoms with Crippen molar-refractivity contribution in [1.82, 2.24) is 14.9 Å². The van der Waals surface area contributed by atoms with Gasteiger partial charge >= 0.3 is 0 Å². The number of halogens is 1. The van der Waals surface area contributed by atoms with E-state index in [2.05, 4.69) is 25.1 Å². The number of rotatable bonds is 4. The van der Waals surface area contributed by atoms with E-state index < -0.39 is 0 Å². The van der Waals surface area contributed by atoms with Gasteiger partial charge in [-0.05, 0) is 43.7 Å². The van der Waals surface area contributed by atoms with Gasteiger partial charge in [-0.2, -0.15) is 0 Å². The first-order valence-electron chi connectivity index (χ1n) is 9.37. The van der Waals surface area contributed by atoms with Crippen LogP contribution >= 0.6 is 11.3 Å². The summed E-state index contributed by atoms with van der Waals surface area (Å²) in [5.74, 6) is 0.582. The molecule has 1 fully saturated rings. The van der Waals surface area contributed by atoms with Crippen LogP contribution in [0.4, 0.5) is 15.3 Å². The van der Waals surface area contributed by atoms with Crippen LogP contribution in [0.2, 0.25) is 0 Å². The van der Waals surface area contributed by atoms with E-state index in [1.165, 1.54) is 23.5 Å². The van der Waals surface area contributed by atoms with Gasteiger partial charge < -0.3 is 10.2 Å². The Morgan fingerprint density at radius 1 is 1.21 bits per heavy atom. The summed E-state index contributed by atoms with van der Waals surface area (Å²) in [5.41, 5.74) is 0.690. The smallest absolute Gasteiger partial charge is 0.243 e. The van der Waals surface area contributed by atoms with E-state index in [4.69, 9.17) is 0 Å². The molecule has 1 N–H and O–H groups in total. The molecule has 3 heterocycles. The lowest BCUT2D eigenvalue weighted by Crippen LogP contribution is -2.44. The number of thiazole rings is 1. The number of fused-ring (bicyclic) bond motifs is 1. The Kier molecular flexibility index (Phi) is 5.50. The fourth-order valence-electron chi connectivity index (χ4n) is 3.42. The number of carbonyl (C=O) groups is 1. The van der Waals surface area contributed by atoms with E-state index in [0.717, 1.165) is 43.1 Å². The third kappa shape index (κ3) is 4.13. The fourth-order valence-corrected chi connectivity index (χ4v) is 4.32.